The van der Waals surface area contributed by atoms with Gasteiger partial charge in [-0.2, -0.15) is 4.31 Å². The largest absolute Gasteiger partial charge is 0.384 e. The van der Waals surface area contributed by atoms with Gasteiger partial charge in [-0.05, 0) is 31.7 Å². The SMILES string of the molecule is Cc1ccc(C#CCO)cc1S(=O)(=O)N1CCN(C)CC1. The molecule has 0 spiro atoms. The minimum atomic E-state index is -3.49. The van der Waals surface area contributed by atoms with Gasteiger partial charge in [-0.25, -0.2) is 8.42 Å². The third kappa shape index (κ3) is 3.63. The molecule has 1 fully saturated rings. The summed E-state index contributed by atoms with van der Waals surface area (Å²) in [5.74, 6) is 5.29. The molecule has 1 heterocycles. The first kappa shape index (κ1) is 16.0. The molecule has 0 unspecified atom stereocenters. The second kappa shape index (κ2) is 6.58. The fraction of sp³-hybridized carbons (Fsp3) is 0.467. The second-order valence-electron chi connectivity index (χ2n) is 5.15. The number of hydrogen-bond donors (Lipinski definition) is 1. The predicted molar refractivity (Wildman–Crippen MR) is 81.4 cm³/mol. The molecular formula is C15H20N2O3S. The lowest BCUT2D eigenvalue weighted by atomic mass is 10.1. The van der Waals surface area contributed by atoms with Crippen molar-refractivity contribution in [3.8, 4) is 11.8 Å². The Hall–Kier alpha value is -1.39. The van der Waals surface area contributed by atoms with Crippen molar-refractivity contribution in [1.82, 2.24) is 9.21 Å². The minimum absolute atomic E-state index is 0.242. The van der Waals surface area contributed by atoms with Gasteiger partial charge in [0.1, 0.15) is 6.61 Å². The van der Waals surface area contributed by atoms with Gasteiger partial charge >= 0.3 is 0 Å². The van der Waals surface area contributed by atoms with Crippen molar-refractivity contribution < 1.29 is 13.5 Å². The average Bonchev–Trinajstić information content (AvgIpc) is 2.46. The zero-order chi connectivity index (χ0) is 15.5. The number of nitrogens with zero attached hydrogens (tertiary/aromatic N) is 2. The maximum Gasteiger partial charge on any atom is 0.243 e. The van der Waals surface area contributed by atoms with E-state index in [0.29, 0.717) is 29.1 Å². The molecule has 0 bridgehead atoms. The first-order chi connectivity index (χ1) is 9.95. The van der Waals surface area contributed by atoms with E-state index in [9.17, 15) is 8.42 Å². The minimum Gasteiger partial charge on any atom is -0.384 e. The Morgan fingerprint density at radius 3 is 2.52 bits per heavy atom. The zero-order valence-electron chi connectivity index (χ0n) is 12.3. The lowest BCUT2D eigenvalue weighted by molar-refractivity contribution is 0.222. The van der Waals surface area contributed by atoms with Crippen LogP contribution in [0.3, 0.4) is 0 Å². The van der Waals surface area contributed by atoms with Crippen LogP contribution in [-0.4, -0.2) is 62.6 Å². The molecule has 0 atom stereocenters. The van der Waals surface area contributed by atoms with Crippen LogP contribution < -0.4 is 0 Å². The van der Waals surface area contributed by atoms with Crippen molar-refractivity contribution in [2.45, 2.75) is 11.8 Å². The smallest absolute Gasteiger partial charge is 0.243 e. The highest BCUT2D eigenvalue weighted by atomic mass is 32.2. The Balaban J connectivity index is 2.35. The summed E-state index contributed by atoms with van der Waals surface area (Å²) in [6, 6.07) is 5.11. The highest BCUT2D eigenvalue weighted by Crippen LogP contribution is 2.22. The molecule has 2 rings (SSSR count). The maximum absolute atomic E-state index is 12.8. The third-order valence-corrected chi connectivity index (χ3v) is 5.62. The fourth-order valence-corrected chi connectivity index (χ4v) is 3.94. The second-order valence-corrected chi connectivity index (χ2v) is 7.05. The summed E-state index contributed by atoms with van der Waals surface area (Å²) in [7, 11) is -1.50. The van der Waals surface area contributed by atoms with Crippen LogP contribution in [0.2, 0.25) is 0 Å². The number of aliphatic hydroxyl groups is 1. The Bertz CT molecular complexity index is 666. The highest BCUT2D eigenvalue weighted by Gasteiger charge is 2.28. The number of aryl methyl sites for hydroxylation is 1. The summed E-state index contributed by atoms with van der Waals surface area (Å²) >= 11 is 0. The Labute approximate surface area is 126 Å². The number of rotatable bonds is 2. The van der Waals surface area contributed by atoms with Gasteiger partial charge in [0.15, 0.2) is 0 Å². The van der Waals surface area contributed by atoms with Gasteiger partial charge in [0.05, 0.1) is 4.90 Å². The molecule has 1 aromatic carbocycles. The summed E-state index contributed by atoms with van der Waals surface area (Å²) in [5.41, 5.74) is 1.31. The Morgan fingerprint density at radius 1 is 1.24 bits per heavy atom. The van der Waals surface area contributed by atoms with Crippen LogP contribution in [0, 0.1) is 18.8 Å². The molecule has 0 saturated carbocycles. The van der Waals surface area contributed by atoms with Crippen LogP contribution in [0.4, 0.5) is 0 Å². The van der Waals surface area contributed by atoms with E-state index in [4.69, 9.17) is 5.11 Å². The van der Waals surface area contributed by atoms with Crippen LogP contribution in [0.25, 0.3) is 0 Å². The molecule has 1 N–H and O–H groups in total. The van der Waals surface area contributed by atoms with E-state index in [2.05, 4.69) is 16.7 Å². The quantitative estimate of drug-likeness (QED) is 0.797. The van der Waals surface area contributed by atoms with Gasteiger partial charge in [0.2, 0.25) is 10.0 Å². The van der Waals surface area contributed by atoms with Crippen molar-refractivity contribution in [2.75, 3.05) is 39.8 Å². The van der Waals surface area contributed by atoms with Crippen LogP contribution in [0.15, 0.2) is 23.1 Å². The molecule has 0 amide bonds. The number of sulfonamides is 1. The molecule has 1 aliphatic rings. The first-order valence-electron chi connectivity index (χ1n) is 6.84. The maximum atomic E-state index is 12.8. The van der Waals surface area contributed by atoms with Crippen LogP contribution in [0.5, 0.6) is 0 Å². The van der Waals surface area contributed by atoms with Gasteiger partial charge in [-0.1, -0.05) is 17.9 Å². The molecule has 1 saturated heterocycles. The van der Waals surface area contributed by atoms with E-state index >= 15 is 0 Å². The van der Waals surface area contributed by atoms with Gasteiger partial charge in [0.25, 0.3) is 0 Å². The molecule has 5 nitrogen and oxygen atoms in total. The van der Waals surface area contributed by atoms with Crippen molar-refractivity contribution in [2.24, 2.45) is 0 Å². The molecular weight excluding hydrogens is 288 g/mol. The Kier molecular flexibility index (Phi) is 5.01. The number of piperazine rings is 1. The molecule has 114 valence electrons. The van der Waals surface area contributed by atoms with Crippen molar-refractivity contribution in [1.29, 1.82) is 0 Å². The lowest BCUT2D eigenvalue weighted by Crippen LogP contribution is -2.47. The summed E-state index contributed by atoms with van der Waals surface area (Å²) in [6.07, 6.45) is 0. The topological polar surface area (TPSA) is 60.9 Å². The molecule has 1 aromatic rings. The molecule has 0 radical (unpaired) electrons. The monoisotopic (exact) mass is 308 g/mol. The summed E-state index contributed by atoms with van der Waals surface area (Å²) < 4.78 is 27.0. The first-order valence-corrected chi connectivity index (χ1v) is 8.28. The van der Waals surface area contributed by atoms with Gasteiger partial charge in [-0.3, -0.25) is 0 Å². The van der Waals surface area contributed by atoms with Crippen LogP contribution >= 0.6 is 0 Å². The lowest BCUT2D eigenvalue weighted by Gasteiger charge is -2.31. The number of benzene rings is 1. The molecule has 6 heteroatoms. The van der Waals surface area contributed by atoms with E-state index in [1.165, 1.54) is 4.31 Å². The van der Waals surface area contributed by atoms with E-state index in [1.807, 2.05) is 7.05 Å². The number of likely N-dealkylation sites (N-methyl/N-ethyl adjacent to an activating group) is 1. The van der Waals surface area contributed by atoms with E-state index in [1.54, 1.807) is 25.1 Å². The van der Waals surface area contributed by atoms with E-state index < -0.39 is 10.0 Å². The Morgan fingerprint density at radius 2 is 1.90 bits per heavy atom. The normalized spacial score (nSPS) is 17.3. The highest BCUT2D eigenvalue weighted by molar-refractivity contribution is 7.89. The van der Waals surface area contributed by atoms with Crippen molar-refractivity contribution in [3.63, 3.8) is 0 Å². The number of hydrogen-bond acceptors (Lipinski definition) is 4. The molecule has 0 aromatic heterocycles. The fourth-order valence-electron chi connectivity index (χ4n) is 2.26. The predicted octanol–water partition coefficient (Wildman–Crippen LogP) is 0.275. The summed E-state index contributed by atoms with van der Waals surface area (Å²) in [5, 5.41) is 8.74. The van der Waals surface area contributed by atoms with E-state index in [-0.39, 0.29) is 6.61 Å². The summed E-state index contributed by atoms with van der Waals surface area (Å²) in [6.45, 7) is 4.03. The van der Waals surface area contributed by atoms with Gasteiger partial charge in [-0.15, -0.1) is 0 Å². The third-order valence-electron chi connectivity index (χ3n) is 3.58. The van der Waals surface area contributed by atoms with Crippen molar-refractivity contribution >= 4 is 10.0 Å². The summed E-state index contributed by atoms with van der Waals surface area (Å²) in [4.78, 5) is 2.42. The standard InChI is InChI=1S/C15H20N2O3S/c1-13-5-6-14(4-3-11-18)12-15(13)21(19,20)17-9-7-16(2)8-10-17/h5-6,12,18H,7-11H2,1-2H3. The molecule has 1 aliphatic heterocycles. The molecule has 0 aliphatic carbocycles. The number of aliphatic hydroxyl groups excluding tert-OH is 1. The van der Waals surface area contributed by atoms with Crippen LogP contribution in [-0.2, 0) is 10.0 Å². The van der Waals surface area contributed by atoms with E-state index in [0.717, 1.165) is 13.1 Å². The molecule has 21 heavy (non-hydrogen) atoms. The van der Waals surface area contributed by atoms with Gasteiger partial charge < -0.3 is 10.0 Å². The van der Waals surface area contributed by atoms with Gasteiger partial charge in [0, 0.05) is 31.7 Å². The van der Waals surface area contributed by atoms with Crippen molar-refractivity contribution in [3.05, 3.63) is 29.3 Å². The average molecular weight is 308 g/mol. The van der Waals surface area contributed by atoms with Crippen LogP contribution in [0.1, 0.15) is 11.1 Å². The zero-order valence-corrected chi connectivity index (χ0v) is 13.2.